The van der Waals surface area contributed by atoms with Gasteiger partial charge in [-0.3, -0.25) is 14.5 Å². The highest BCUT2D eigenvalue weighted by Gasteiger charge is 2.24. The molecule has 1 amide bonds. The Kier molecular flexibility index (Phi) is 6.13. The average molecular weight is 421 g/mol. The molecule has 0 unspecified atom stereocenters. The first-order valence-electron chi connectivity index (χ1n) is 10.2. The monoisotopic (exact) mass is 421 g/mol. The van der Waals surface area contributed by atoms with Crippen LogP contribution in [0.3, 0.4) is 0 Å². The van der Waals surface area contributed by atoms with Crippen molar-refractivity contribution in [3.63, 3.8) is 0 Å². The molecule has 3 aromatic rings. The third-order valence-electron chi connectivity index (χ3n) is 5.55. The van der Waals surface area contributed by atoms with Crippen molar-refractivity contribution < 1.29 is 13.9 Å². The quantitative estimate of drug-likeness (QED) is 0.687. The Morgan fingerprint density at radius 2 is 1.74 bits per heavy atom. The van der Waals surface area contributed by atoms with Crippen LogP contribution in [0, 0.1) is 5.82 Å². The van der Waals surface area contributed by atoms with Crippen molar-refractivity contribution >= 4 is 5.91 Å². The van der Waals surface area contributed by atoms with Gasteiger partial charge in [0.2, 0.25) is 0 Å². The van der Waals surface area contributed by atoms with Crippen LogP contribution in [0.15, 0.2) is 65.6 Å². The summed E-state index contributed by atoms with van der Waals surface area (Å²) in [5.41, 5.74) is 2.73. The number of carbonyl (C=O) groups excluding carboxylic acids is 1. The number of rotatable bonds is 5. The third-order valence-corrected chi connectivity index (χ3v) is 5.55. The van der Waals surface area contributed by atoms with Crippen molar-refractivity contribution in [3.8, 4) is 16.9 Å². The zero-order valence-electron chi connectivity index (χ0n) is 17.3. The number of pyridine rings is 1. The molecule has 0 aliphatic carbocycles. The fourth-order valence-corrected chi connectivity index (χ4v) is 3.80. The molecule has 1 aromatic heterocycles. The maximum Gasteiger partial charge on any atom is 0.257 e. The van der Waals surface area contributed by atoms with E-state index in [0.29, 0.717) is 49.6 Å². The number of ether oxygens (including phenoxy) is 1. The van der Waals surface area contributed by atoms with E-state index in [9.17, 15) is 14.0 Å². The van der Waals surface area contributed by atoms with Crippen LogP contribution in [0.1, 0.15) is 15.9 Å². The van der Waals surface area contributed by atoms with Crippen LogP contribution in [-0.2, 0) is 6.54 Å². The second kappa shape index (κ2) is 9.14. The van der Waals surface area contributed by atoms with Gasteiger partial charge in [-0.25, -0.2) is 4.39 Å². The van der Waals surface area contributed by atoms with Crippen molar-refractivity contribution in [3.05, 3.63) is 88.1 Å². The van der Waals surface area contributed by atoms with Gasteiger partial charge in [0.1, 0.15) is 11.6 Å². The Hall–Kier alpha value is -3.45. The Balaban J connectivity index is 1.42. The predicted octanol–water partition coefficient (Wildman–Crippen LogP) is 3.15. The lowest BCUT2D eigenvalue weighted by atomic mass is 10.1. The second-order valence-electron chi connectivity index (χ2n) is 7.52. The van der Waals surface area contributed by atoms with E-state index in [0.717, 1.165) is 11.1 Å². The van der Waals surface area contributed by atoms with Crippen molar-refractivity contribution in [2.45, 2.75) is 6.54 Å². The number of nitrogens with zero attached hydrogens (tertiary/aromatic N) is 2. The smallest absolute Gasteiger partial charge is 0.257 e. The summed E-state index contributed by atoms with van der Waals surface area (Å²) in [7, 11) is 1.56. The van der Waals surface area contributed by atoms with E-state index in [2.05, 4.69) is 9.88 Å². The molecule has 1 N–H and O–H groups in total. The summed E-state index contributed by atoms with van der Waals surface area (Å²) < 4.78 is 18.5. The Morgan fingerprint density at radius 3 is 2.45 bits per heavy atom. The molecule has 2 aromatic carbocycles. The summed E-state index contributed by atoms with van der Waals surface area (Å²) >= 11 is 0. The maximum atomic E-state index is 13.2. The van der Waals surface area contributed by atoms with Crippen molar-refractivity contribution in [2.24, 2.45) is 0 Å². The van der Waals surface area contributed by atoms with E-state index in [1.807, 2.05) is 23.1 Å². The third kappa shape index (κ3) is 4.67. The first-order valence-corrected chi connectivity index (χ1v) is 10.2. The van der Waals surface area contributed by atoms with Gasteiger partial charge in [-0.1, -0.05) is 24.3 Å². The van der Waals surface area contributed by atoms with E-state index in [4.69, 9.17) is 4.74 Å². The molecule has 6 nitrogen and oxygen atoms in total. The van der Waals surface area contributed by atoms with Crippen LogP contribution < -0.4 is 10.3 Å². The number of H-pyrrole nitrogens is 1. The molecule has 0 atom stereocenters. The van der Waals surface area contributed by atoms with Gasteiger partial charge >= 0.3 is 0 Å². The number of halogens is 1. The summed E-state index contributed by atoms with van der Waals surface area (Å²) in [6.07, 6.45) is 1.64. The number of hydrogen-bond acceptors (Lipinski definition) is 4. The molecule has 4 rings (SSSR count). The Morgan fingerprint density at radius 1 is 1.03 bits per heavy atom. The number of aromatic nitrogens is 1. The molecule has 1 aliphatic heterocycles. The number of carbonyl (C=O) groups is 1. The van der Waals surface area contributed by atoms with Gasteiger partial charge in [-0.2, -0.15) is 0 Å². The number of piperazine rings is 1. The van der Waals surface area contributed by atoms with Gasteiger partial charge in [0.25, 0.3) is 11.5 Å². The van der Waals surface area contributed by atoms with E-state index in [1.165, 1.54) is 12.1 Å². The molecule has 0 radical (unpaired) electrons. The minimum Gasteiger partial charge on any atom is -0.496 e. The fraction of sp³-hybridized carbons (Fsp3) is 0.250. The second-order valence-corrected chi connectivity index (χ2v) is 7.52. The first-order chi connectivity index (χ1) is 15.0. The summed E-state index contributed by atoms with van der Waals surface area (Å²) in [5.74, 6) is 0.223. The lowest BCUT2D eigenvalue weighted by molar-refractivity contribution is 0.0625. The highest BCUT2D eigenvalue weighted by atomic mass is 19.1. The van der Waals surface area contributed by atoms with Gasteiger partial charge in [-0.15, -0.1) is 0 Å². The van der Waals surface area contributed by atoms with Crippen LogP contribution in [0.4, 0.5) is 4.39 Å². The van der Waals surface area contributed by atoms with E-state index in [1.54, 1.807) is 37.6 Å². The number of amides is 1. The molecule has 0 bridgehead atoms. The molecular formula is C24H24FN3O3. The topological polar surface area (TPSA) is 65.6 Å². The number of aromatic amines is 1. The standard InChI is InChI=1S/C24H24FN3O3/c1-31-22-5-3-2-4-21(22)24(30)28-12-10-27(11-13-28)16-19-14-18(15-26-23(19)29)17-6-8-20(25)9-7-17/h2-9,14-15H,10-13,16H2,1H3,(H,26,29). The zero-order chi connectivity index (χ0) is 21.8. The largest absolute Gasteiger partial charge is 0.496 e. The highest BCUT2D eigenvalue weighted by Crippen LogP contribution is 2.21. The molecule has 2 heterocycles. The number of hydrogen-bond donors (Lipinski definition) is 1. The number of para-hydroxylation sites is 1. The molecule has 1 fully saturated rings. The minimum absolute atomic E-state index is 0.0479. The van der Waals surface area contributed by atoms with Crippen LogP contribution >= 0.6 is 0 Å². The molecular weight excluding hydrogens is 397 g/mol. The number of benzene rings is 2. The van der Waals surface area contributed by atoms with Gasteiger partial charge in [0, 0.05) is 44.5 Å². The minimum atomic E-state index is -0.297. The molecule has 160 valence electrons. The zero-order valence-corrected chi connectivity index (χ0v) is 17.3. The van der Waals surface area contributed by atoms with E-state index in [-0.39, 0.29) is 17.3 Å². The van der Waals surface area contributed by atoms with E-state index < -0.39 is 0 Å². The summed E-state index contributed by atoms with van der Waals surface area (Å²) in [4.78, 5) is 32.0. The van der Waals surface area contributed by atoms with Crippen molar-refractivity contribution in [1.82, 2.24) is 14.8 Å². The van der Waals surface area contributed by atoms with Crippen molar-refractivity contribution in [2.75, 3.05) is 33.3 Å². The molecule has 0 spiro atoms. The van der Waals surface area contributed by atoms with E-state index >= 15 is 0 Å². The van der Waals surface area contributed by atoms with Crippen LogP contribution in [0.25, 0.3) is 11.1 Å². The highest BCUT2D eigenvalue weighted by molar-refractivity contribution is 5.97. The molecule has 31 heavy (non-hydrogen) atoms. The first kappa shape index (κ1) is 20.8. The van der Waals surface area contributed by atoms with Gasteiger partial charge in [0.15, 0.2) is 0 Å². The Labute approximate surface area is 179 Å². The normalized spacial score (nSPS) is 14.5. The fourth-order valence-electron chi connectivity index (χ4n) is 3.80. The molecule has 1 saturated heterocycles. The van der Waals surface area contributed by atoms with Crippen molar-refractivity contribution in [1.29, 1.82) is 0 Å². The summed E-state index contributed by atoms with van der Waals surface area (Å²) in [6.45, 7) is 2.97. The Bertz CT molecular complexity index is 1120. The van der Waals surface area contributed by atoms with Gasteiger partial charge < -0.3 is 14.6 Å². The number of methoxy groups -OCH3 is 1. The lowest BCUT2D eigenvalue weighted by Crippen LogP contribution is -2.48. The summed E-state index contributed by atoms with van der Waals surface area (Å²) in [6, 6.07) is 15.2. The molecule has 7 heteroatoms. The molecule has 0 saturated carbocycles. The van der Waals surface area contributed by atoms with Crippen LogP contribution in [-0.4, -0.2) is 54.0 Å². The maximum absolute atomic E-state index is 13.2. The van der Waals surface area contributed by atoms with Crippen LogP contribution in [0.5, 0.6) is 5.75 Å². The molecule has 1 aliphatic rings. The van der Waals surface area contributed by atoms with Gasteiger partial charge in [-0.05, 0) is 41.5 Å². The van der Waals surface area contributed by atoms with Gasteiger partial charge in [0.05, 0.1) is 12.7 Å². The SMILES string of the molecule is COc1ccccc1C(=O)N1CCN(Cc2cc(-c3ccc(F)cc3)c[nH]c2=O)CC1. The lowest BCUT2D eigenvalue weighted by Gasteiger charge is -2.34. The van der Waals surface area contributed by atoms with Crippen LogP contribution in [0.2, 0.25) is 0 Å². The summed E-state index contributed by atoms with van der Waals surface area (Å²) in [5, 5.41) is 0. The predicted molar refractivity (Wildman–Crippen MR) is 117 cm³/mol. The average Bonchev–Trinajstić information content (AvgIpc) is 2.81. The number of nitrogens with one attached hydrogen (secondary N) is 1.